The van der Waals surface area contributed by atoms with Crippen LogP contribution in [0, 0.1) is 11.3 Å². The van der Waals surface area contributed by atoms with Crippen molar-refractivity contribution in [1.29, 1.82) is 0 Å². The van der Waals surface area contributed by atoms with Gasteiger partial charge in [-0.2, -0.15) is 0 Å². The molecule has 144 valence electrons. The van der Waals surface area contributed by atoms with Gasteiger partial charge in [0.15, 0.2) is 0 Å². The lowest BCUT2D eigenvalue weighted by molar-refractivity contribution is -0.136. The molecular weight excluding hydrogens is 338 g/mol. The van der Waals surface area contributed by atoms with Crippen molar-refractivity contribution < 1.29 is 13.2 Å². The summed E-state index contributed by atoms with van der Waals surface area (Å²) in [7, 11) is -3.39. The van der Waals surface area contributed by atoms with E-state index in [1.165, 1.54) is 0 Å². The van der Waals surface area contributed by atoms with E-state index >= 15 is 0 Å². The Morgan fingerprint density at radius 1 is 1.04 bits per heavy atom. The van der Waals surface area contributed by atoms with Gasteiger partial charge in [0.25, 0.3) is 0 Å². The zero-order valence-electron chi connectivity index (χ0n) is 15.6. The standard InChI is InChI=1S/C18H33N3O3S/c1-18(2)13-21(11-9-16(18)19)25(23,24)15-8-5-10-20(12-15)17(22)14-6-3-4-7-14/h14-16H,3-13,19H2,1-2H3. The maximum Gasteiger partial charge on any atom is 0.225 e. The van der Waals surface area contributed by atoms with E-state index in [4.69, 9.17) is 5.73 Å². The summed E-state index contributed by atoms with van der Waals surface area (Å²) in [5.41, 5.74) is 5.94. The topological polar surface area (TPSA) is 83.7 Å². The molecule has 25 heavy (non-hydrogen) atoms. The summed E-state index contributed by atoms with van der Waals surface area (Å²) >= 11 is 0. The van der Waals surface area contributed by atoms with Crippen molar-refractivity contribution in [3.8, 4) is 0 Å². The summed E-state index contributed by atoms with van der Waals surface area (Å²) in [5.74, 6) is 0.298. The number of rotatable bonds is 3. The first-order chi connectivity index (χ1) is 11.7. The molecule has 2 N–H and O–H groups in total. The van der Waals surface area contributed by atoms with E-state index in [1.807, 2.05) is 18.7 Å². The fourth-order valence-corrected chi connectivity index (χ4v) is 6.69. The van der Waals surface area contributed by atoms with Gasteiger partial charge in [-0.1, -0.05) is 26.7 Å². The summed E-state index contributed by atoms with van der Waals surface area (Å²) in [6, 6.07) is 0.0331. The molecule has 1 amide bonds. The number of amides is 1. The van der Waals surface area contributed by atoms with Gasteiger partial charge >= 0.3 is 0 Å². The highest BCUT2D eigenvalue weighted by molar-refractivity contribution is 7.89. The minimum Gasteiger partial charge on any atom is -0.341 e. The number of carbonyl (C=O) groups excluding carboxylic acids is 1. The van der Waals surface area contributed by atoms with Gasteiger partial charge in [0, 0.05) is 38.1 Å². The zero-order valence-corrected chi connectivity index (χ0v) is 16.4. The number of piperidine rings is 2. The molecule has 0 aromatic rings. The van der Waals surface area contributed by atoms with Crippen molar-refractivity contribution in [2.45, 2.75) is 70.1 Å². The summed E-state index contributed by atoms with van der Waals surface area (Å²) in [6.07, 6.45) is 6.29. The molecule has 6 nitrogen and oxygen atoms in total. The summed E-state index contributed by atoms with van der Waals surface area (Å²) in [6.45, 7) is 6.12. The second-order valence-electron chi connectivity index (χ2n) is 8.79. The number of nitrogens with zero attached hydrogens (tertiary/aromatic N) is 2. The first kappa shape index (κ1) is 19.1. The number of hydrogen-bond acceptors (Lipinski definition) is 4. The number of sulfonamides is 1. The summed E-state index contributed by atoms with van der Waals surface area (Å²) < 4.78 is 28.0. The van der Waals surface area contributed by atoms with Crippen molar-refractivity contribution in [3.05, 3.63) is 0 Å². The van der Waals surface area contributed by atoms with Crippen LogP contribution >= 0.6 is 0 Å². The Labute approximate surface area is 152 Å². The van der Waals surface area contributed by atoms with E-state index in [0.717, 1.165) is 32.1 Å². The molecule has 2 aliphatic heterocycles. The Balaban J connectivity index is 1.68. The maximum absolute atomic E-state index is 13.2. The maximum atomic E-state index is 13.2. The van der Waals surface area contributed by atoms with Crippen LogP contribution in [0.15, 0.2) is 0 Å². The Hall–Kier alpha value is -0.660. The Bertz CT molecular complexity index is 599. The monoisotopic (exact) mass is 371 g/mol. The fourth-order valence-electron chi connectivity index (χ4n) is 4.57. The Kier molecular flexibility index (Phi) is 5.47. The van der Waals surface area contributed by atoms with Crippen LogP contribution in [0.1, 0.15) is 58.8 Å². The van der Waals surface area contributed by atoms with Crippen molar-refractivity contribution in [2.24, 2.45) is 17.1 Å². The lowest BCUT2D eigenvalue weighted by Gasteiger charge is -2.44. The van der Waals surface area contributed by atoms with Crippen molar-refractivity contribution in [3.63, 3.8) is 0 Å². The molecule has 1 saturated carbocycles. The van der Waals surface area contributed by atoms with Crippen LogP contribution < -0.4 is 5.73 Å². The third-order valence-corrected chi connectivity index (χ3v) is 8.71. The van der Waals surface area contributed by atoms with Crippen LogP contribution in [-0.2, 0) is 14.8 Å². The van der Waals surface area contributed by atoms with E-state index in [2.05, 4.69) is 0 Å². The van der Waals surface area contributed by atoms with E-state index < -0.39 is 15.3 Å². The minimum atomic E-state index is -3.39. The Morgan fingerprint density at radius 3 is 2.36 bits per heavy atom. The molecule has 3 aliphatic rings. The first-order valence-corrected chi connectivity index (χ1v) is 11.3. The second-order valence-corrected chi connectivity index (χ2v) is 11.0. The lowest BCUT2D eigenvalue weighted by Crippen LogP contribution is -2.57. The Morgan fingerprint density at radius 2 is 1.72 bits per heavy atom. The minimum absolute atomic E-state index is 0.0331. The molecule has 2 unspecified atom stereocenters. The van der Waals surface area contributed by atoms with E-state index in [9.17, 15) is 13.2 Å². The number of nitrogens with two attached hydrogens (primary N) is 1. The number of hydrogen-bond donors (Lipinski definition) is 1. The normalized spacial score (nSPS) is 32.0. The summed E-state index contributed by atoms with van der Waals surface area (Å²) in [4.78, 5) is 14.5. The fraction of sp³-hybridized carbons (Fsp3) is 0.944. The highest BCUT2D eigenvalue weighted by atomic mass is 32.2. The molecule has 2 saturated heterocycles. The first-order valence-electron chi connectivity index (χ1n) is 9.75. The van der Waals surface area contributed by atoms with Gasteiger partial charge in [-0.15, -0.1) is 0 Å². The van der Waals surface area contributed by atoms with Crippen LogP contribution in [-0.4, -0.2) is 61.0 Å². The smallest absolute Gasteiger partial charge is 0.225 e. The van der Waals surface area contributed by atoms with Crippen LogP contribution in [0.5, 0.6) is 0 Å². The average Bonchev–Trinajstić information content (AvgIpc) is 3.11. The predicted octanol–water partition coefficient (Wildman–Crippen LogP) is 1.56. The zero-order chi connectivity index (χ0) is 18.2. The van der Waals surface area contributed by atoms with Crippen molar-refractivity contribution in [2.75, 3.05) is 26.2 Å². The molecule has 1 aliphatic carbocycles. The van der Waals surface area contributed by atoms with Gasteiger partial charge < -0.3 is 10.6 Å². The number of carbonyl (C=O) groups is 1. The van der Waals surface area contributed by atoms with Gasteiger partial charge in [-0.25, -0.2) is 12.7 Å². The molecule has 7 heteroatoms. The van der Waals surface area contributed by atoms with Crippen LogP contribution in [0.2, 0.25) is 0 Å². The van der Waals surface area contributed by atoms with Gasteiger partial charge in [0.2, 0.25) is 15.9 Å². The van der Waals surface area contributed by atoms with Gasteiger partial charge in [0.05, 0.1) is 5.25 Å². The van der Waals surface area contributed by atoms with E-state index in [0.29, 0.717) is 39.0 Å². The summed E-state index contributed by atoms with van der Waals surface area (Å²) in [5, 5.41) is -0.461. The molecule has 0 bridgehead atoms. The molecule has 3 fully saturated rings. The quantitative estimate of drug-likeness (QED) is 0.816. The van der Waals surface area contributed by atoms with Crippen LogP contribution in [0.25, 0.3) is 0 Å². The van der Waals surface area contributed by atoms with Crippen LogP contribution in [0.4, 0.5) is 0 Å². The SMILES string of the molecule is CC1(C)CN(S(=O)(=O)C2CCCN(C(=O)C3CCCC3)C2)CCC1N. The van der Waals surface area contributed by atoms with Gasteiger partial charge in [0.1, 0.15) is 0 Å². The largest absolute Gasteiger partial charge is 0.341 e. The molecule has 2 heterocycles. The molecule has 0 radical (unpaired) electrons. The molecule has 3 rings (SSSR count). The number of likely N-dealkylation sites (tertiary alicyclic amines) is 1. The molecule has 0 aromatic carbocycles. The third kappa shape index (κ3) is 3.88. The third-order valence-electron chi connectivity index (χ3n) is 6.45. The molecule has 0 spiro atoms. The predicted molar refractivity (Wildman–Crippen MR) is 98.4 cm³/mol. The van der Waals surface area contributed by atoms with Crippen molar-refractivity contribution >= 4 is 15.9 Å². The van der Waals surface area contributed by atoms with E-state index in [-0.39, 0.29) is 23.3 Å². The van der Waals surface area contributed by atoms with Gasteiger partial charge in [-0.05, 0) is 37.5 Å². The molecule has 2 atom stereocenters. The van der Waals surface area contributed by atoms with Crippen LogP contribution in [0.3, 0.4) is 0 Å². The highest BCUT2D eigenvalue weighted by Gasteiger charge is 2.43. The van der Waals surface area contributed by atoms with Gasteiger partial charge in [-0.3, -0.25) is 4.79 Å². The molecular formula is C18H33N3O3S. The lowest BCUT2D eigenvalue weighted by atomic mass is 9.81. The highest BCUT2D eigenvalue weighted by Crippen LogP contribution is 2.33. The molecule has 0 aromatic heterocycles. The van der Waals surface area contributed by atoms with E-state index in [1.54, 1.807) is 4.31 Å². The van der Waals surface area contributed by atoms with Crippen molar-refractivity contribution in [1.82, 2.24) is 9.21 Å². The second kappa shape index (κ2) is 7.16. The average molecular weight is 372 g/mol.